The van der Waals surface area contributed by atoms with Gasteiger partial charge in [-0.05, 0) is 24.3 Å². The Balaban J connectivity index is 1.64. The lowest BCUT2D eigenvalue weighted by molar-refractivity contribution is -0.116. The summed E-state index contributed by atoms with van der Waals surface area (Å²) in [7, 11) is 6.16. The van der Waals surface area contributed by atoms with E-state index in [4.69, 9.17) is 18.9 Å². The Labute approximate surface area is 175 Å². The van der Waals surface area contributed by atoms with Crippen LogP contribution in [0.25, 0.3) is 0 Å². The minimum atomic E-state index is -0.301. The molecule has 0 bridgehead atoms. The summed E-state index contributed by atoms with van der Waals surface area (Å²) in [5.41, 5.74) is 1.24. The fourth-order valence-corrected chi connectivity index (χ4v) is 3.25. The maximum atomic E-state index is 12.8. The Kier molecular flexibility index (Phi) is 6.51. The fourth-order valence-electron chi connectivity index (χ4n) is 3.25. The first-order valence-corrected chi connectivity index (χ1v) is 9.31. The molecule has 9 nitrogen and oxygen atoms in total. The van der Waals surface area contributed by atoms with Crippen molar-refractivity contribution >= 4 is 23.3 Å². The second kappa shape index (κ2) is 9.25. The minimum absolute atomic E-state index is 0.0586. The third-order valence-corrected chi connectivity index (χ3v) is 4.78. The second-order valence-electron chi connectivity index (χ2n) is 6.51. The highest BCUT2D eigenvalue weighted by Crippen LogP contribution is 2.33. The maximum Gasteiger partial charge on any atom is 0.325 e. The van der Waals surface area contributed by atoms with Crippen LogP contribution in [-0.2, 0) is 4.79 Å². The topological polar surface area (TPSA) is 89.6 Å². The molecule has 3 amide bonds. The summed E-state index contributed by atoms with van der Waals surface area (Å²) in [6, 6.07) is 10.1. The average Bonchev–Trinajstić information content (AvgIpc) is 3.12. The van der Waals surface area contributed by atoms with Gasteiger partial charge in [-0.2, -0.15) is 0 Å². The molecule has 30 heavy (non-hydrogen) atoms. The summed E-state index contributed by atoms with van der Waals surface area (Å²) < 4.78 is 21.0. The molecule has 2 aromatic rings. The zero-order chi connectivity index (χ0) is 21.7. The molecule has 3 rings (SSSR count). The number of hydrogen-bond acceptors (Lipinski definition) is 6. The molecule has 1 heterocycles. The zero-order valence-corrected chi connectivity index (χ0v) is 17.4. The van der Waals surface area contributed by atoms with Gasteiger partial charge in [0.25, 0.3) is 0 Å². The van der Waals surface area contributed by atoms with Gasteiger partial charge >= 0.3 is 6.03 Å². The number of anilines is 2. The lowest BCUT2D eigenvalue weighted by Gasteiger charge is -2.19. The summed E-state index contributed by atoms with van der Waals surface area (Å²) in [6.45, 7) is 0.849. The van der Waals surface area contributed by atoms with Crippen LogP contribution >= 0.6 is 0 Å². The van der Waals surface area contributed by atoms with Crippen molar-refractivity contribution in [2.75, 3.05) is 58.3 Å². The molecule has 0 saturated carbocycles. The number of amides is 3. The Morgan fingerprint density at radius 3 is 2.10 bits per heavy atom. The Morgan fingerprint density at radius 1 is 0.867 bits per heavy atom. The van der Waals surface area contributed by atoms with E-state index < -0.39 is 0 Å². The molecule has 1 N–H and O–H groups in total. The summed E-state index contributed by atoms with van der Waals surface area (Å²) in [5, 5.41) is 2.78. The van der Waals surface area contributed by atoms with Crippen LogP contribution < -0.4 is 29.2 Å². The van der Waals surface area contributed by atoms with Crippen LogP contribution in [0.2, 0.25) is 0 Å². The van der Waals surface area contributed by atoms with Crippen molar-refractivity contribution < 1.29 is 28.5 Å². The molecule has 0 radical (unpaired) electrons. The van der Waals surface area contributed by atoms with Crippen molar-refractivity contribution in [3.8, 4) is 23.0 Å². The van der Waals surface area contributed by atoms with E-state index in [1.165, 1.54) is 19.1 Å². The molecule has 0 aromatic heterocycles. The largest absolute Gasteiger partial charge is 0.493 e. The molecule has 2 aromatic carbocycles. The van der Waals surface area contributed by atoms with E-state index in [1.807, 2.05) is 0 Å². The average molecular weight is 415 g/mol. The van der Waals surface area contributed by atoms with E-state index in [-0.39, 0.29) is 18.5 Å². The fraction of sp³-hybridized carbons (Fsp3) is 0.333. The van der Waals surface area contributed by atoms with E-state index in [0.29, 0.717) is 47.5 Å². The van der Waals surface area contributed by atoms with Crippen LogP contribution in [-0.4, -0.2) is 64.9 Å². The zero-order valence-electron chi connectivity index (χ0n) is 17.4. The number of benzene rings is 2. The number of carbonyl (C=O) groups is 2. The van der Waals surface area contributed by atoms with Gasteiger partial charge in [0.1, 0.15) is 6.54 Å². The van der Waals surface area contributed by atoms with Gasteiger partial charge in [0.15, 0.2) is 23.0 Å². The Hall–Kier alpha value is -3.62. The highest BCUT2D eigenvalue weighted by atomic mass is 16.5. The molecule has 0 atom stereocenters. The molecule has 0 spiro atoms. The highest BCUT2D eigenvalue weighted by Gasteiger charge is 2.31. The Bertz CT molecular complexity index is 933. The first-order valence-electron chi connectivity index (χ1n) is 9.31. The van der Waals surface area contributed by atoms with E-state index in [0.717, 1.165) is 0 Å². The van der Waals surface area contributed by atoms with Crippen LogP contribution in [0.4, 0.5) is 16.2 Å². The van der Waals surface area contributed by atoms with Gasteiger partial charge in [-0.15, -0.1) is 0 Å². The molecule has 160 valence electrons. The quantitative estimate of drug-likeness (QED) is 0.713. The number of nitrogens with zero attached hydrogens (tertiary/aromatic N) is 2. The summed E-state index contributed by atoms with van der Waals surface area (Å²) >= 11 is 0. The normalized spacial score (nSPS) is 13.3. The number of nitrogens with one attached hydrogen (secondary N) is 1. The molecule has 1 aliphatic rings. The number of rotatable bonds is 8. The predicted octanol–water partition coefficient (Wildman–Crippen LogP) is 2.60. The Morgan fingerprint density at radius 2 is 1.47 bits per heavy atom. The molecule has 9 heteroatoms. The summed E-state index contributed by atoms with van der Waals surface area (Å²) in [4.78, 5) is 28.4. The van der Waals surface area contributed by atoms with Crippen LogP contribution in [0.1, 0.15) is 0 Å². The van der Waals surface area contributed by atoms with Gasteiger partial charge in [0.05, 0.1) is 28.4 Å². The van der Waals surface area contributed by atoms with Crippen molar-refractivity contribution in [1.82, 2.24) is 4.90 Å². The minimum Gasteiger partial charge on any atom is -0.493 e. The molecular weight excluding hydrogens is 390 g/mol. The third kappa shape index (κ3) is 4.35. The highest BCUT2D eigenvalue weighted by molar-refractivity contribution is 5.99. The van der Waals surface area contributed by atoms with Crippen LogP contribution in [0.3, 0.4) is 0 Å². The van der Waals surface area contributed by atoms with Gasteiger partial charge < -0.3 is 29.2 Å². The van der Waals surface area contributed by atoms with E-state index in [2.05, 4.69) is 5.32 Å². The van der Waals surface area contributed by atoms with Crippen molar-refractivity contribution in [2.24, 2.45) is 0 Å². The standard InChI is InChI=1S/C21H25N3O6/c1-27-16-7-5-14(11-18(16)29-3)22-20(25)13-23-9-10-24(21(23)26)15-6-8-17(28-2)19(12-15)30-4/h5-8,11-12H,9-10,13H2,1-4H3,(H,22,25). The number of urea groups is 1. The molecule has 1 aliphatic heterocycles. The van der Waals surface area contributed by atoms with E-state index in [1.54, 1.807) is 55.5 Å². The van der Waals surface area contributed by atoms with E-state index in [9.17, 15) is 9.59 Å². The molecule has 1 fully saturated rings. The molecule has 0 aliphatic carbocycles. The molecule has 1 saturated heterocycles. The van der Waals surface area contributed by atoms with Crippen molar-refractivity contribution in [3.05, 3.63) is 36.4 Å². The first kappa shape index (κ1) is 21.1. The van der Waals surface area contributed by atoms with Crippen LogP contribution in [0.5, 0.6) is 23.0 Å². The van der Waals surface area contributed by atoms with Gasteiger partial charge in [-0.3, -0.25) is 9.69 Å². The number of ether oxygens (including phenoxy) is 4. The van der Waals surface area contributed by atoms with Crippen molar-refractivity contribution in [1.29, 1.82) is 0 Å². The lowest BCUT2D eigenvalue weighted by atomic mass is 10.2. The van der Waals surface area contributed by atoms with Crippen molar-refractivity contribution in [3.63, 3.8) is 0 Å². The van der Waals surface area contributed by atoms with Gasteiger partial charge in [0.2, 0.25) is 5.91 Å². The smallest absolute Gasteiger partial charge is 0.325 e. The second-order valence-corrected chi connectivity index (χ2v) is 6.51. The van der Waals surface area contributed by atoms with Gasteiger partial charge in [-0.1, -0.05) is 0 Å². The van der Waals surface area contributed by atoms with Crippen LogP contribution in [0.15, 0.2) is 36.4 Å². The first-order chi connectivity index (χ1) is 14.5. The van der Waals surface area contributed by atoms with Crippen LogP contribution in [0, 0.1) is 0 Å². The number of carbonyl (C=O) groups excluding carboxylic acids is 2. The van der Waals surface area contributed by atoms with Gasteiger partial charge in [0, 0.05) is 36.6 Å². The SMILES string of the molecule is COc1ccc(NC(=O)CN2CCN(c3ccc(OC)c(OC)c3)C2=O)cc1OC. The third-order valence-electron chi connectivity index (χ3n) is 4.78. The summed E-state index contributed by atoms with van der Waals surface area (Å²) in [5.74, 6) is 1.89. The predicted molar refractivity (Wildman–Crippen MR) is 112 cm³/mol. The monoisotopic (exact) mass is 415 g/mol. The number of methoxy groups -OCH3 is 4. The summed E-state index contributed by atoms with van der Waals surface area (Å²) in [6.07, 6.45) is 0. The molecular formula is C21H25N3O6. The maximum absolute atomic E-state index is 12.8. The van der Waals surface area contributed by atoms with Gasteiger partial charge in [-0.25, -0.2) is 4.79 Å². The molecule has 0 unspecified atom stereocenters. The lowest BCUT2D eigenvalue weighted by Crippen LogP contribution is -2.37. The van der Waals surface area contributed by atoms with E-state index >= 15 is 0 Å². The number of hydrogen-bond donors (Lipinski definition) is 1. The van der Waals surface area contributed by atoms with Crippen molar-refractivity contribution in [2.45, 2.75) is 0 Å².